The molecule has 0 unspecified atom stereocenters. The lowest BCUT2D eigenvalue weighted by molar-refractivity contribution is -0.0140. The predicted octanol–water partition coefficient (Wildman–Crippen LogP) is 5.44. The van der Waals surface area contributed by atoms with E-state index < -0.39 is 16.1 Å². The molecule has 54 heavy (non-hydrogen) atoms. The number of rotatable bonds is 24. The third-order valence-electron chi connectivity index (χ3n) is 7.97. The Morgan fingerprint density at radius 1 is 0.630 bits per heavy atom. The van der Waals surface area contributed by atoms with E-state index in [2.05, 4.69) is 4.98 Å². The highest BCUT2D eigenvalue weighted by molar-refractivity contribution is 7.86. The van der Waals surface area contributed by atoms with Crippen molar-refractivity contribution in [2.24, 2.45) is 0 Å². The molecule has 15 heteroatoms. The van der Waals surface area contributed by atoms with Crippen LogP contribution >= 0.6 is 0 Å². The summed E-state index contributed by atoms with van der Waals surface area (Å²) in [7, 11) is -0.140. The van der Waals surface area contributed by atoms with Crippen LogP contribution < -0.4 is 9.64 Å². The Labute approximate surface area is 315 Å². The summed E-state index contributed by atoms with van der Waals surface area (Å²) in [6, 6.07) is 21.3. The Hall–Kier alpha value is -4.48. The zero-order chi connectivity index (χ0) is 38.2. The molecule has 0 fully saturated rings. The van der Waals surface area contributed by atoms with Gasteiger partial charge in [-0.15, -0.1) is 0 Å². The molecular formula is C39H47FN4O9S. The van der Waals surface area contributed by atoms with Crippen LogP contribution in [0.5, 0.6) is 5.75 Å². The first kappa shape index (κ1) is 40.7. The highest BCUT2D eigenvalue weighted by Gasteiger charge is 2.15. The Morgan fingerprint density at radius 3 is 1.76 bits per heavy atom. The van der Waals surface area contributed by atoms with Gasteiger partial charge in [-0.1, -0.05) is 42.0 Å². The Morgan fingerprint density at radius 2 is 1.19 bits per heavy atom. The molecule has 0 spiro atoms. The first-order valence-corrected chi connectivity index (χ1v) is 19.0. The molecule has 5 rings (SSSR count). The second kappa shape index (κ2) is 20.8. The third-order valence-corrected chi connectivity index (χ3v) is 9.29. The summed E-state index contributed by atoms with van der Waals surface area (Å²) in [6.07, 6.45) is 3.80. The molecule has 0 amide bonds. The minimum Gasteiger partial charge on any atom is -0.490 e. The van der Waals surface area contributed by atoms with Gasteiger partial charge in [0.05, 0.1) is 89.5 Å². The molecule has 2 aromatic carbocycles. The zero-order valence-corrected chi connectivity index (χ0v) is 31.6. The van der Waals surface area contributed by atoms with Gasteiger partial charge in [0.15, 0.2) is 0 Å². The normalized spacial score (nSPS) is 11.7. The number of nitrogens with zero attached hydrogens (tertiary/aromatic N) is 4. The Balaban J connectivity index is 0.855. The second-order valence-corrected chi connectivity index (χ2v) is 13.9. The molecule has 0 aliphatic carbocycles. The minimum atomic E-state index is -3.79. The lowest BCUT2D eigenvalue weighted by Gasteiger charge is -2.12. The number of fused-ring (bicyclic) bond motifs is 1. The Bertz CT molecular complexity index is 1990. The number of hydrogen-bond acceptors (Lipinski definition) is 12. The first-order chi connectivity index (χ1) is 26.2. The number of imidazole rings is 1. The summed E-state index contributed by atoms with van der Waals surface area (Å²) in [5, 5.41) is 0. The number of aromatic nitrogens is 3. The van der Waals surface area contributed by atoms with E-state index in [1.165, 1.54) is 12.1 Å². The molecule has 5 aromatic rings. The van der Waals surface area contributed by atoms with Crippen molar-refractivity contribution >= 4 is 21.6 Å². The van der Waals surface area contributed by atoms with Crippen LogP contribution in [0.25, 0.3) is 28.0 Å². The molecule has 0 radical (unpaired) electrons. The first-order valence-electron chi connectivity index (χ1n) is 17.6. The molecular weight excluding hydrogens is 720 g/mol. The van der Waals surface area contributed by atoms with Gasteiger partial charge >= 0.3 is 0 Å². The molecule has 0 bridgehead atoms. The number of anilines is 1. The average Bonchev–Trinajstić information content (AvgIpc) is 3.59. The Kier molecular flexibility index (Phi) is 15.7. The van der Waals surface area contributed by atoms with E-state index in [1.54, 1.807) is 29.2 Å². The van der Waals surface area contributed by atoms with Crippen LogP contribution in [-0.2, 0) is 38.0 Å². The van der Waals surface area contributed by atoms with Gasteiger partial charge in [0.1, 0.15) is 23.8 Å². The van der Waals surface area contributed by atoms with Crippen molar-refractivity contribution in [3.05, 3.63) is 96.7 Å². The van der Waals surface area contributed by atoms with E-state index in [0.29, 0.717) is 83.2 Å². The van der Waals surface area contributed by atoms with Crippen LogP contribution in [-0.4, -0.2) is 116 Å². The predicted molar refractivity (Wildman–Crippen MR) is 202 cm³/mol. The smallest absolute Gasteiger partial charge is 0.297 e. The average molecular weight is 767 g/mol. The van der Waals surface area contributed by atoms with Crippen molar-refractivity contribution in [2.75, 3.05) is 98.3 Å². The van der Waals surface area contributed by atoms with Crippen molar-refractivity contribution in [1.82, 2.24) is 14.4 Å². The molecule has 13 nitrogen and oxygen atoms in total. The van der Waals surface area contributed by atoms with Crippen LogP contribution in [0.1, 0.15) is 5.56 Å². The largest absolute Gasteiger partial charge is 0.490 e. The maximum Gasteiger partial charge on any atom is 0.297 e. The fraction of sp³-hybridized carbons (Fsp3) is 0.385. The van der Waals surface area contributed by atoms with E-state index in [0.717, 1.165) is 28.0 Å². The van der Waals surface area contributed by atoms with Gasteiger partial charge < -0.3 is 37.7 Å². The van der Waals surface area contributed by atoms with E-state index in [1.807, 2.05) is 74.2 Å². The molecule has 290 valence electrons. The lowest BCUT2D eigenvalue weighted by atomic mass is 10.0. The van der Waals surface area contributed by atoms with Gasteiger partial charge in [-0.05, 0) is 48.9 Å². The summed E-state index contributed by atoms with van der Waals surface area (Å²) < 4.78 is 79.1. The van der Waals surface area contributed by atoms with Gasteiger partial charge in [0.25, 0.3) is 10.1 Å². The fourth-order valence-electron chi connectivity index (χ4n) is 5.08. The SMILES string of the molecule is Cc1ccc(S(=O)(=O)OCCOCCOCCOCCOCCOCCOc2ccc3nc(-c4ccc(-c5ccc(N(C)C)nc5F)cc4)cn3c2)cc1. The van der Waals surface area contributed by atoms with Crippen LogP contribution in [0, 0.1) is 12.9 Å². The van der Waals surface area contributed by atoms with E-state index in [-0.39, 0.29) is 18.1 Å². The summed E-state index contributed by atoms with van der Waals surface area (Å²) >= 11 is 0. The third kappa shape index (κ3) is 12.6. The minimum absolute atomic E-state index is 0.0689. The summed E-state index contributed by atoms with van der Waals surface area (Å²) in [4.78, 5) is 10.6. The van der Waals surface area contributed by atoms with Gasteiger partial charge in [0.2, 0.25) is 5.95 Å². The lowest BCUT2D eigenvalue weighted by Crippen LogP contribution is -2.15. The second-order valence-electron chi connectivity index (χ2n) is 12.2. The van der Waals surface area contributed by atoms with Crippen molar-refractivity contribution in [2.45, 2.75) is 11.8 Å². The van der Waals surface area contributed by atoms with Crippen LogP contribution in [0.2, 0.25) is 0 Å². The fourth-order valence-corrected chi connectivity index (χ4v) is 5.97. The van der Waals surface area contributed by atoms with E-state index in [4.69, 9.17) is 37.6 Å². The van der Waals surface area contributed by atoms with Crippen LogP contribution in [0.4, 0.5) is 10.2 Å². The monoisotopic (exact) mass is 766 g/mol. The summed E-state index contributed by atoms with van der Waals surface area (Å²) in [6.45, 7) is 5.98. The molecule has 0 saturated carbocycles. The van der Waals surface area contributed by atoms with Crippen molar-refractivity contribution in [1.29, 1.82) is 0 Å². The number of aryl methyl sites for hydroxylation is 1. The van der Waals surface area contributed by atoms with Gasteiger partial charge in [0, 0.05) is 31.4 Å². The number of benzene rings is 2. The van der Waals surface area contributed by atoms with Crippen molar-refractivity contribution < 1.29 is 45.4 Å². The molecule has 0 atom stereocenters. The van der Waals surface area contributed by atoms with Gasteiger partial charge in [-0.3, -0.25) is 4.18 Å². The highest BCUT2D eigenvalue weighted by atomic mass is 32.2. The van der Waals surface area contributed by atoms with Gasteiger partial charge in [-0.25, -0.2) is 9.97 Å². The van der Waals surface area contributed by atoms with Gasteiger partial charge in [-0.2, -0.15) is 12.8 Å². The quantitative estimate of drug-likeness (QED) is 0.0450. The number of ether oxygens (including phenoxy) is 6. The van der Waals surface area contributed by atoms with Crippen LogP contribution in [0.15, 0.2) is 90.1 Å². The maximum absolute atomic E-state index is 14.6. The van der Waals surface area contributed by atoms with E-state index in [9.17, 15) is 12.8 Å². The molecule has 3 aromatic heterocycles. The number of halogens is 1. The summed E-state index contributed by atoms with van der Waals surface area (Å²) in [5.74, 6) is 0.749. The molecule has 0 N–H and O–H groups in total. The van der Waals surface area contributed by atoms with Crippen molar-refractivity contribution in [3.63, 3.8) is 0 Å². The van der Waals surface area contributed by atoms with Crippen LogP contribution in [0.3, 0.4) is 0 Å². The number of hydrogen-bond donors (Lipinski definition) is 0. The topological polar surface area (TPSA) is 132 Å². The molecule has 0 saturated heterocycles. The highest BCUT2D eigenvalue weighted by Crippen LogP contribution is 2.28. The maximum atomic E-state index is 14.6. The zero-order valence-electron chi connectivity index (χ0n) is 30.8. The molecule has 3 heterocycles. The molecule has 0 aliphatic heterocycles. The summed E-state index contributed by atoms with van der Waals surface area (Å²) in [5.41, 5.74) is 4.64. The molecule has 0 aliphatic rings. The van der Waals surface area contributed by atoms with Crippen molar-refractivity contribution in [3.8, 4) is 28.1 Å². The number of pyridine rings is 2. The van der Waals surface area contributed by atoms with E-state index >= 15 is 0 Å². The standard InChI is InChI=1S/C39H47FN4O9S/c1-30-4-11-34(12-5-30)54(45,46)53-27-25-51-23-21-49-19-17-47-16-18-48-20-22-50-24-26-52-33-10-14-38-41-36(29-44(38)28-33)32-8-6-31(7-9-32)35-13-15-37(43(2)3)42-39(35)40/h4-15,28-29H,16-27H2,1-3H3.